The summed E-state index contributed by atoms with van der Waals surface area (Å²) in [6.45, 7) is 5.19. The third-order valence-corrected chi connectivity index (χ3v) is 5.43. The van der Waals surface area contributed by atoms with E-state index in [2.05, 4.69) is 10.0 Å². The lowest BCUT2D eigenvalue weighted by molar-refractivity contribution is 0.0939. The average Bonchev–Trinajstić information content (AvgIpc) is 2.57. The molecule has 0 fully saturated rings. The van der Waals surface area contributed by atoms with Crippen molar-refractivity contribution in [3.05, 3.63) is 64.7 Å². The Morgan fingerprint density at radius 1 is 1.12 bits per heavy atom. The highest BCUT2D eigenvalue weighted by atomic mass is 32.2. The molecule has 2 aromatic rings. The summed E-state index contributed by atoms with van der Waals surface area (Å²) in [5.41, 5.74) is 1.18. The smallest absolute Gasteiger partial charge is 0.252 e. The van der Waals surface area contributed by atoms with Crippen molar-refractivity contribution in [2.75, 3.05) is 6.54 Å². The molecule has 0 aromatic heterocycles. The molecule has 1 atom stereocenters. The van der Waals surface area contributed by atoms with Gasteiger partial charge in [-0.3, -0.25) is 4.79 Å². The highest BCUT2D eigenvalue weighted by Gasteiger charge is 2.19. The Hall–Kier alpha value is -2.32. The monoisotopic (exact) mass is 382 g/mol. The summed E-state index contributed by atoms with van der Waals surface area (Å²) in [6.07, 6.45) is 0. The van der Waals surface area contributed by atoms with Gasteiger partial charge in [-0.1, -0.05) is 19.1 Å². The molecule has 0 aliphatic carbocycles. The zero-order chi connectivity index (χ0) is 19.5. The van der Waals surface area contributed by atoms with Crippen molar-refractivity contribution in [3.63, 3.8) is 0 Å². The number of halogens is 2. The lowest BCUT2D eigenvalue weighted by atomic mass is 10.1. The van der Waals surface area contributed by atoms with Gasteiger partial charge in [0.2, 0.25) is 10.0 Å². The zero-order valence-electron chi connectivity index (χ0n) is 14.6. The number of hydrogen-bond donors (Lipinski definition) is 2. The van der Waals surface area contributed by atoms with Crippen molar-refractivity contribution >= 4 is 15.9 Å². The zero-order valence-corrected chi connectivity index (χ0v) is 15.5. The van der Waals surface area contributed by atoms with Gasteiger partial charge in [0.25, 0.3) is 5.91 Å². The van der Waals surface area contributed by atoms with Gasteiger partial charge in [0.05, 0.1) is 10.9 Å². The number of hydrogen-bond acceptors (Lipinski definition) is 3. The maximum Gasteiger partial charge on any atom is 0.252 e. The fraction of sp³-hybridized carbons (Fsp3) is 0.278. The van der Waals surface area contributed by atoms with E-state index >= 15 is 0 Å². The molecule has 1 unspecified atom stereocenters. The van der Waals surface area contributed by atoms with Crippen LogP contribution in [0.5, 0.6) is 0 Å². The van der Waals surface area contributed by atoms with E-state index in [1.165, 1.54) is 18.2 Å². The highest BCUT2D eigenvalue weighted by Crippen LogP contribution is 2.19. The predicted octanol–water partition coefficient (Wildman–Crippen LogP) is 3.06. The summed E-state index contributed by atoms with van der Waals surface area (Å²) in [5.74, 6) is -2.48. The van der Waals surface area contributed by atoms with Crippen molar-refractivity contribution in [1.82, 2.24) is 10.0 Å². The number of carbonyl (C=O) groups excluding carboxylic acids is 1. The molecule has 1 amide bonds. The van der Waals surface area contributed by atoms with Gasteiger partial charge >= 0.3 is 0 Å². The number of amides is 1. The molecule has 5 nitrogen and oxygen atoms in total. The Morgan fingerprint density at radius 2 is 1.81 bits per heavy atom. The number of benzene rings is 2. The van der Waals surface area contributed by atoms with Gasteiger partial charge in [0.15, 0.2) is 11.6 Å². The van der Waals surface area contributed by atoms with Crippen LogP contribution in [0.15, 0.2) is 41.3 Å². The van der Waals surface area contributed by atoms with Crippen LogP contribution >= 0.6 is 0 Å². The molecule has 0 saturated heterocycles. The summed E-state index contributed by atoms with van der Waals surface area (Å²) >= 11 is 0. The molecule has 0 spiro atoms. The van der Waals surface area contributed by atoms with Crippen LogP contribution in [0, 0.1) is 18.6 Å². The summed E-state index contributed by atoms with van der Waals surface area (Å²) in [4.78, 5) is 12.5. The quantitative estimate of drug-likeness (QED) is 0.806. The molecule has 140 valence electrons. The minimum atomic E-state index is -3.70. The van der Waals surface area contributed by atoms with Gasteiger partial charge in [-0.2, -0.15) is 0 Å². The van der Waals surface area contributed by atoms with Gasteiger partial charge in [0, 0.05) is 12.1 Å². The number of carbonyl (C=O) groups is 1. The number of nitrogens with one attached hydrogen (secondary N) is 2. The molecule has 0 aliphatic rings. The normalized spacial score (nSPS) is 12.7. The van der Waals surface area contributed by atoms with Crippen LogP contribution in [0.3, 0.4) is 0 Å². The van der Waals surface area contributed by atoms with Gasteiger partial charge in [-0.25, -0.2) is 21.9 Å². The van der Waals surface area contributed by atoms with E-state index in [0.717, 1.165) is 12.1 Å². The van der Waals surface area contributed by atoms with Crippen molar-refractivity contribution in [2.45, 2.75) is 31.7 Å². The Kier molecular flexibility index (Phi) is 6.09. The van der Waals surface area contributed by atoms with Crippen LogP contribution in [0.4, 0.5) is 8.78 Å². The predicted molar refractivity (Wildman–Crippen MR) is 94.3 cm³/mol. The van der Waals surface area contributed by atoms with Crippen LogP contribution < -0.4 is 10.0 Å². The second-order valence-corrected chi connectivity index (χ2v) is 7.61. The molecule has 0 heterocycles. The number of aryl methyl sites for hydroxylation is 1. The molecule has 0 saturated carbocycles. The highest BCUT2D eigenvalue weighted by molar-refractivity contribution is 7.89. The molecule has 8 heteroatoms. The fourth-order valence-corrected chi connectivity index (χ4v) is 3.49. The number of rotatable bonds is 6. The molecule has 2 N–H and O–H groups in total. The molecule has 2 aromatic carbocycles. The van der Waals surface area contributed by atoms with Crippen molar-refractivity contribution in [1.29, 1.82) is 0 Å². The first-order valence-electron chi connectivity index (χ1n) is 8.02. The van der Waals surface area contributed by atoms with E-state index in [1.54, 1.807) is 26.8 Å². The summed E-state index contributed by atoms with van der Waals surface area (Å²) < 4.78 is 53.0. The molecule has 0 radical (unpaired) electrons. The van der Waals surface area contributed by atoms with Crippen LogP contribution in [0.2, 0.25) is 0 Å². The topological polar surface area (TPSA) is 75.3 Å². The molecule has 0 aliphatic heterocycles. The molecular formula is C18H20F2N2O3S. The Bertz CT molecular complexity index is 930. The summed E-state index contributed by atoms with van der Waals surface area (Å²) in [7, 11) is -3.70. The van der Waals surface area contributed by atoms with Gasteiger partial charge in [0.1, 0.15) is 0 Å². The second kappa shape index (κ2) is 7.92. The Labute approximate surface area is 151 Å². The lowest BCUT2D eigenvalue weighted by Gasteiger charge is -2.16. The third-order valence-electron chi connectivity index (χ3n) is 3.89. The standard InChI is InChI=1S/C18H20F2N2O3S/c1-4-21-26(24,25)14-7-5-11(2)15(10-14)18(23)22-12(3)13-6-8-16(19)17(20)9-13/h5-10,12,21H,4H2,1-3H3,(H,22,23). The van der Waals surface area contributed by atoms with Crippen LogP contribution in [-0.2, 0) is 10.0 Å². The maximum atomic E-state index is 13.4. The van der Waals surface area contributed by atoms with E-state index in [1.807, 2.05) is 0 Å². The van der Waals surface area contributed by atoms with Crippen LogP contribution in [0.1, 0.15) is 41.4 Å². The van der Waals surface area contributed by atoms with Gasteiger partial charge in [-0.15, -0.1) is 0 Å². The number of sulfonamides is 1. The Balaban J connectivity index is 2.27. The molecular weight excluding hydrogens is 362 g/mol. The second-order valence-electron chi connectivity index (χ2n) is 5.85. The molecule has 0 bridgehead atoms. The minimum absolute atomic E-state index is 0.0180. The van der Waals surface area contributed by atoms with Gasteiger partial charge in [-0.05, 0) is 49.2 Å². The van der Waals surface area contributed by atoms with E-state index in [0.29, 0.717) is 11.1 Å². The minimum Gasteiger partial charge on any atom is -0.346 e. The third kappa shape index (κ3) is 4.44. The van der Waals surface area contributed by atoms with E-state index in [-0.39, 0.29) is 17.0 Å². The van der Waals surface area contributed by atoms with Crippen LogP contribution in [-0.4, -0.2) is 20.9 Å². The summed E-state index contributed by atoms with van der Waals surface area (Å²) in [5, 5.41) is 2.67. The maximum absolute atomic E-state index is 13.4. The first kappa shape index (κ1) is 20.0. The largest absolute Gasteiger partial charge is 0.346 e. The Morgan fingerprint density at radius 3 is 2.42 bits per heavy atom. The molecule has 26 heavy (non-hydrogen) atoms. The SMILES string of the molecule is CCNS(=O)(=O)c1ccc(C)c(C(=O)NC(C)c2ccc(F)c(F)c2)c1. The van der Waals surface area contributed by atoms with Crippen molar-refractivity contribution in [3.8, 4) is 0 Å². The fourth-order valence-electron chi connectivity index (χ4n) is 2.43. The summed E-state index contributed by atoms with van der Waals surface area (Å²) in [6, 6.07) is 7.04. The van der Waals surface area contributed by atoms with E-state index in [4.69, 9.17) is 0 Å². The first-order chi connectivity index (χ1) is 12.2. The van der Waals surface area contributed by atoms with E-state index < -0.39 is 33.6 Å². The van der Waals surface area contributed by atoms with Gasteiger partial charge < -0.3 is 5.32 Å². The molecule has 2 rings (SSSR count). The average molecular weight is 382 g/mol. The van der Waals surface area contributed by atoms with Crippen molar-refractivity contribution in [2.24, 2.45) is 0 Å². The van der Waals surface area contributed by atoms with E-state index in [9.17, 15) is 22.0 Å². The van der Waals surface area contributed by atoms with Crippen molar-refractivity contribution < 1.29 is 22.0 Å². The first-order valence-corrected chi connectivity index (χ1v) is 9.50. The van der Waals surface area contributed by atoms with Crippen LogP contribution in [0.25, 0.3) is 0 Å². The lowest BCUT2D eigenvalue weighted by Crippen LogP contribution is -2.28.